The summed E-state index contributed by atoms with van der Waals surface area (Å²) in [4.78, 5) is 0. The molecule has 0 nitrogen and oxygen atoms in total. The lowest BCUT2D eigenvalue weighted by atomic mass is 9.71. The molecule has 6 rings (SSSR count). The van der Waals surface area contributed by atoms with Crippen LogP contribution in [0.25, 0.3) is 0 Å². The van der Waals surface area contributed by atoms with Crippen LogP contribution in [0, 0.1) is 41.4 Å². The van der Waals surface area contributed by atoms with Crippen molar-refractivity contribution in [2.45, 2.75) is 23.6 Å². The monoisotopic (exact) mass is 224 g/mol. The lowest BCUT2D eigenvalue weighted by Gasteiger charge is -2.41. The summed E-state index contributed by atoms with van der Waals surface area (Å²) in [5, 5.41) is 0. The maximum absolute atomic E-state index is 4.15. The van der Waals surface area contributed by atoms with Crippen molar-refractivity contribution in [1.29, 1.82) is 0 Å². The van der Waals surface area contributed by atoms with E-state index in [1.165, 1.54) is 23.7 Å². The summed E-state index contributed by atoms with van der Waals surface area (Å²) in [6.07, 6.45) is 4.78. The van der Waals surface area contributed by atoms with Crippen molar-refractivity contribution in [2.24, 2.45) is 41.4 Å². The van der Waals surface area contributed by atoms with Crippen molar-refractivity contribution in [3.63, 3.8) is 0 Å². The Bertz CT molecular complexity index is 252. The van der Waals surface area contributed by atoms with Crippen LogP contribution in [-0.2, 0) is 0 Å². The Morgan fingerprint density at radius 3 is 1.67 bits per heavy atom. The summed E-state index contributed by atoms with van der Waals surface area (Å²) in [6.45, 7) is 0. The molecule has 6 aliphatic rings. The minimum absolute atomic E-state index is 0.696. The highest BCUT2D eigenvalue weighted by atomic mass is 79.9. The van der Waals surface area contributed by atoms with Crippen molar-refractivity contribution >= 4 is 15.9 Å². The third-order valence-corrected chi connectivity index (χ3v) is 7.47. The van der Waals surface area contributed by atoms with Gasteiger partial charge in [-0.15, -0.1) is 0 Å². The Kier molecular flexibility index (Phi) is 0.685. The van der Waals surface area contributed by atoms with E-state index >= 15 is 0 Å². The molecule has 6 unspecified atom stereocenters. The minimum atomic E-state index is 0.696. The zero-order valence-corrected chi connectivity index (χ0v) is 8.63. The van der Waals surface area contributed by atoms with Crippen molar-refractivity contribution in [1.82, 2.24) is 0 Å². The molecule has 0 heterocycles. The fraction of sp³-hybridized carbons (Fsp3) is 1.00. The van der Waals surface area contributed by atoms with Crippen LogP contribution in [0.2, 0.25) is 0 Å². The van der Waals surface area contributed by atoms with Gasteiger partial charge in [-0.1, -0.05) is 15.9 Å². The zero-order valence-electron chi connectivity index (χ0n) is 7.04. The van der Waals surface area contributed by atoms with Gasteiger partial charge in [-0.05, 0) is 60.7 Å². The van der Waals surface area contributed by atoms with Gasteiger partial charge in [0.15, 0.2) is 0 Å². The van der Waals surface area contributed by atoms with Gasteiger partial charge in [-0.3, -0.25) is 0 Å². The van der Waals surface area contributed by atoms with E-state index in [4.69, 9.17) is 0 Å². The predicted molar refractivity (Wildman–Crippen MR) is 49.9 cm³/mol. The largest absolute Gasteiger partial charge is 0.0844 e. The lowest BCUT2D eigenvalue weighted by molar-refractivity contribution is 0.162. The van der Waals surface area contributed by atoms with Gasteiger partial charge in [-0.25, -0.2) is 0 Å². The average molecular weight is 225 g/mol. The van der Waals surface area contributed by atoms with Crippen molar-refractivity contribution in [2.75, 3.05) is 0 Å². The van der Waals surface area contributed by atoms with Gasteiger partial charge in [0, 0.05) is 4.32 Å². The Morgan fingerprint density at radius 2 is 1.25 bits per heavy atom. The van der Waals surface area contributed by atoms with Crippen LogP contribution < -0.4 is 0 Å². The Hall–Kier alpha value is 0.480. The first kappa shape index (κ1) is 6.06. The van der Waals surface area contributed by atoms with Crippen LogP contribution in [0.15, 0.2) is 0 Å². The van der Waals surface area contributed by atoms with E-state index in [0.29, 0.717) is 4.32 Å². The zero-order chi connectivity index (χ0) is 7.66. The Labute approximate surface area is 81.2 Å². The van der Waals surface area contributed by atoms with Crippen LogP contribution in [-0.4, -0.2) is 4.32 Å². The van der Waals surface area contributed by atoms with Gasteiger partial charge in [0.25, 0.3) is 0 Å². The first-order chi connectivity index (χ1) is 5.82. The van der Waals surface area contributed by atoms with E-state index in [1.807, 2.05) is 0 Å². The molecule has 0 aromatic heterocycles. The molecule has 1 heteroatoms. The van der Waals surface area contributed by atoms with Crippen LogP contribution in [0.3, 0.4) is 0 Å². The van der Waals surface area contributed by atoms with Gasteiger partial charge in [0.2, 0.25) is 0 Å². The molecule has 0 N–H and O–H groups in total. The summed E-state index contributed by atoms with van der Waals surface area (Å²) in [5.41, 5.74) is 0. The SMILES string of the molecule is BrC12C3CC3C(C3CC31)C1CC12. The smallest absolute Gasteiger partial charge is 0.0350 e. The molecule has 0 radical (unpaired) electrons. The highest BCUT2D eigenvalue weighted by Gasteiger charge is 2.82. The highest BCUT2D eigenvalue weighted by Crippen LogP contribution is 2.86. The van der Waals surface area contributed by atoms with Gasteiger partial charge in [0.05, 0.1) is 0 Å². The summed E-state index contributed by atoms with van der Waals surface area (Å²) in [5.74, 6) is 8.20. The second-order valence-electron chi connectivity index (χ2n) is 5.92. The van der Waals surface area contributed by atoms with Gasteiger partial charge in [-0.2, -0.15) is 0 Å². The summed E-state index contributed by atoms with van der Waals surface area (Å²) >= 11 is 4.15. The second kappa shape index (κ2) is 1.36. The maximum Gasteiger partial charge on any atom is 0.0350 e. The lowest BCUT2D eigenvalue weighted by Crippen LogP contribution is -2.42. The molecule has 6 fully saturated rings. The molecule has 0 spiro atoms. The molecule has 6 saturated carbocycles. The number of halogens is 1. The van der Waals surface area contributed by atoms with Crippen molar-refractivity contribution in [3.8, 4) is 0 Å². The number of rotatable bonds is 0. The summed E-state index contributed by atoms with van der Waals surface area (Å²) < 4.78 is 0.696. The molecule has 12 heavy (non-hydrogen) atoms. The molecular formula is C11H13Br. The van der Waals surface area contributed by atoms with Crippen molar-refractivity contribution in [3.05, 3.63) is 0 Å². The number of hydrogen-bond acceptors (Lipinski definition) is 0. The molecule has 0 amide bonds. The van der Waals surface area contributed by atoms with Gasteiger partial charge in [0.1, 0.15) is 0 Å². The standard InChI is InChI=1S/C11H13Br/c12-11-7-1-4(7)10(5-2-8(5)11)6-3-9(6)11/h4-10H,1-3H2. The van der Waals surface area contributed by atoms with E-state index in [2.05, 4.69) is 15.9 Å². The normalized spacial score (nSPS) is 85.2. The molecule has 0 aromatic carbocycles. The van der Waals surface area contributed by atoms with Crippen LogP contribution in [0.5, 0.6) is 0 Å². The summed E-state index contributed by atoms with van der Waals surface area (Å²) in [6, 6.07) is 0. The molecule has 6 atom stereocenters. The molecule has 0 aromatic rings. The maximum atomic E-state index is 4.15. The fourth-order valence-electron chi connectivity index (χ4n) is 5.22. The number of alkyl halides is 1. The molecule has 0 aliphatic heterocycles. The molecule has 2 bridgehead atoms. The Balaban J connectivity index is 1.80. The average Bonchev–Trinajstić information content (AvgIpc) is 2.90. The van der Waals surface area contributed by atoms with Crippen LogP contribution >= 0.6 is 15.9 Å². The van der Waals surface area contributed by atoms with E-state index in [0.717, 1.165) is 17.8 Å². The molecule has 6 aliphatic carbocycles. The van der Waals surface area contributed by atoms with Gasteiger partial charge >= 0.3 is 0 Å². The van der Waals surface area contributed by atoms with Gasteiger partial charge < -0.3 is 0 Å². The predicted octanol–water partition coefficient (Wildman–Crippen LogP) is 2.67. The van der Waals surface area contributed by atoms with E-state index in [9.17, 15) is 0 Å². The highest BCUT2D eigenvalue weighted by molar-refractivity contribution is 9.10. The molecule has 64 valence electrons. The second-order valence-corrected chi connectivity index (χ2v) is 7.30. The van der Waals surface area contributed by atoms with E-state index in [1.54, 1.807) is 19.3 Å². The van der Waals surface area contributed by atoms with E-state index in [-0.39, 0.29) is 0 Å². The first-order valence-electron chi connectivity index (χ1n) is 5.50. The van der Waals surface area contributed by atoms with Crippen LogP contribution in [0.1, 0.15) is 19.3 Å². The van der Waals surface area contributed by atoms with E-state index < -0.39 is 0 Å². The third-order valence-electron chi connectivity index (χ3n) is 5.71. The first-order valence-corrected chi connectivity index (χ1v) is 6.30. The minimum Gasteiger partial charge on any atom is -0.0844 e. The number of hydrogen-bond donors (Lipinski definition) is 0. The quantitative estimate of drug-likeness (QED) is 0.556. The third kappa shape index (κ3) is 0.401. The fourth-order valence-corrected chi connectivity index (χ4v) is 6.80. The molecule has 0 saturated heterocycles. The van der Waals surface area contributed by atoms with Crippen LogP contribution in [0.4, 0.5) is 0 Å². The molecular weight excluding hydrogens is 212 g/mol. The van der Waals surface area contributed by atoms with Crippen molar-refractivity contribution < 1.29 is 0 Å². The topological polar surface area (TPSA) is 0 Å². The summed E-state index contributed by atoms with van der Waals surface area (Å²) in [7, 11) is 0. The Morgan fingerprint density at radius 1 is 0.833 bits per heavy atom.